The Bertz CT molecular complexity index is 1040. The van der Waals surface area contributed by atoms with Crippen molar-refractivity contribution in [3.63, 3.8) is 0 Å². The van der Waals surface area contributed by atoms with Gasteiger partial charge in [-0.2, -0.15) is 5.10 Å². The second-order valence-electron chi connectivity index (χ2n) is 5.69. The highest BCUT2D eigenvalue weighted by molar-refractivity contribution is 6.30. The van der Waals surface area contributed by atoms with E-state index in [1.807, 2.05) is 6.92 Å². The molecule has 0 unspecified atom stereocenters. The molecule has 0 aliphatic rings. The number of aromatic nitrogens is 2. The summed E-state index contributed by atoms with van der Waals surface area (Å²) in [6, 6.07) is 9.15. The summed E-state index contributed by atoms with van der Waals surface area (Å²) in [6.07, 6.45) is 4.52. The number of benzene rings is 1. The maximum Gasteiger partial charge on any atom is 0.312 e. The topological polar surface area (TPSA) is 100 Å². The molecule has 144 valence electrons. The molecule has 0 fully saturated rings. The van der Waals surface area contributed by atoms with Gasteiger partial charge >= 0.3 is 5.69 Å². The summed E-state index contributed by atoms with van der Waals surface area (Å²) in [4.78, 5) is 22.7. The molecule has 0 amide bonds. The molecule has 1 aromatic carbocycles. The zero-order chi connectivity index (χ0) is 20.1. The molecule has 0 atom stereocenters. The van der Waals surface area contributed by atoms with Crippen LogP contribution in [0, 0.1) is 10.1 Å². The molecule has 0 saturated heterocycles. The van der Waals surface area contributed by atoms with E-state index in [9.17, 15) is 14.9 Å². The first-order chi connectivity index (χ1) is 13.5. The smallest absolute Gasteiger partial charge is 0.312 e. The molecule has 0 bridgehead atoms. The normalized spacial score (nSPS) is 11.1. The van der Waals surface area contributed by atoms with Crippen LogP contribution in [0.25, 0.3) is 6.08 Å². The van der Waals surface area contributed by atoms with Gasteiger partial charge in [0.2, 0.25) is 5.78 Å². The van der Waals surface area contributed by atoms with Crippen molar-refractivity contribution >= 4 is 29.1 Å². The summed E-state index contributed by atoms with van der Waals surface area (Å²) in [5, 5.41) is 15.4. The minimum atomic E-state index is -0.565. The van der Waals surface area contributed by atoms with Crippen LogP contribution in [0.5, 0.6) is 5.75 Å². The molecule has 0 N–H and O–H groups in total. The maximum absolute atomic E-state index is 12.2. The Kier molecular flexibility index (Phi) is 5.90. The Labute approximate surface area is 165 Å². The van der Waals surface area contributed by atoms with Crippen molar-refractivity contribution in [1.82, 2.24) is 9.78 Å². The van der Waals surface area contributed by atoms with Gasteiger partial charge in [-0.3, -0.25) is 19.6 Å². The van der Waals surface area contributed by atoms with Crippen molar-refractivity contribution < 1.29 is 18.9 Å². The molecule has 3 rings (SSSR count). The predicted octanol–water partition coefficient (Wildman–Crippen LogP) is 4.53. The average Bonchev–Trinajstić information content (AvgIpc) is 3.34. The molecule has 0 aliphatic heterocycles. The van der Waals surface area contributed by atoms with Crippen LogP contribution in [-0.4, -0.2) is 20.5 Å². The number of rotatable bonds is 8. The van der Waals surface area contributed by atoms with Crippen molar-refractivity contribution in [3.8, 4) is 5.75 Å². The van der Waals surface area contributed by atoms with Gasteiger partial charge in [-0.15, -0.1) is 0 Å². The third-order valence-electron chi connectivity index (χ3n) is 3.84. The van der Waals surface area contributed by atoms with E-state index in [0.717, 1.165) is 0 Å². The van der Waals surface area contributed by atoms with E-state index in [4.69, 9.17) is 20.8 Å². The molecular weight excluding hydrogens is 386 g/mol. The van der Waals surface area contributed by atoms with Crippen LogP contribution in [0.15, 0.2) is 53.1 Å². The number of aryl methyl sites for hydroxylation is 1. The van der Waals surface area contributed by atoms with Gasteiger partial charge in [-0.25, -0.2) is 0 Å². The molecule has 9 heteroatoms. The Morgan fingerprint density at radius 2 is 2.18 bits per heavy atom. The summed E-state index contributed by atoms with van der Waals surface area (Å²) < 4.78 is 12.6. The number of halogens is 1. The second-order valence-corrected chi connectivity index (χ2v) is 6.13. The van der Waals surface area contributed by atoms with Crippen LogP contribution in [0.4, 0.5) is 5.69 Å². The van der Waals surface area contributed by atoms with Gasteiger partial charge in [0, 0.05) is 23.8 Å². The average molecular weight is 402 g/mol. The lowest BCUT2D eigenvalue weighted by atomic mass is 10.2. The van der Waals surface area contributed by atoms with E-state index < -0.39 is 4.92 Å². The number of nitro benzene ring substituents is 1. The lowest BCUT2D eigenvalue weighted by Gasteiger charge is -2.05. The minimum absolute atomic E-state index is 0.00708. The van der Waals surface area contributed by atoms with E-state index >= 15 is 0 Å². The van der Waals surface area contributed by atoms with Gasteiger partial charge in [0.05, 0.1) is 4.92 Å². The van der Waals surface area contributed by atoms with Crippen molar-refractivity contribution in [2.24, 2.45) is 0 Å². The molecule has 0 radical (unpaired) electrons. The number of carbonyl (C=O) groups is 1. The molecule has 2 heterocycles. The number of ketones is 1. The molecule has 0 saturated carbocycles. The molecule has 0 spiro atoms. The summed E-state index contributed by atoms with van der Waals surface area (Å²) in [7, 11) is 0. The molecule has 3 aromatic rings. The first-order valence-corrected chi connectivity index (χ1v) is 8.75. The number of allylic oxidation sites excluding steroid dienone is 1. The van der Waals surface area contributed by atoms with E-state index in [2.05, 4.69) is 5.10 Å². The number of carbonyl (C=O) groups excluding carboxylic acids is 1. The SMILES string of the molecule is CCn1nccc1C(=O)/C=C/c1ccc(COc2ccc(Cl)cc2[N+](=O)[O-])o1. The maximum atomic E-state index is 12.2. The Morgan fingerprint density at radius 1 is 1.36 bits per heavy atom. The summed E-state index contributed by atoms with van der Waals surface area (Å²) >= 11 is 5.78. The summed E-state index contributed by atoms with van der Waals surface area (Å²) in [5.41, 5.74) is 0.265. The molecular formula is C19H16ClN3O5. The number of nitrogens with zero attached hydrogens (tertiary/aromatic N) is 3. The third-order valence-corrected chi connectivity index (χ3v) is 4.07. The van der Waals surface area contributed by atoms with Crippen LogP contribution in [0.3, 0.4) is 0 Å². The highest BCUT2D eigenvalue weighted by atomic mass is 35.5. The van der Waals surface area contributed by atoms with E-state index in [-0.39, 0.29) is 28.8 Å². The van der Waals surface area contributed by atoms with Crippen LogP contribution in [-0.2, 0) is 13.2 Å². The van der Waals surface area contributed by atoms with Gasteiger partial charge in [0.25, 0.3) is 0 Å². The third kappa shape index (κ3) is 4.47. The predicted molar refractivity (Wildman–Crippen MR) is 102 cm³/mol. The van der Waals surface area contributed by atoms with Crippen molar-refractivity contribution in [3.05, 3.63) is 81.0 Å². The molecule has 0 aliphatic carbocycles. The van der Waals surface area contributed by atoms with Gasteiger partial charge in [-0.05, 0) is 49.4 Å². The van der Waals surface area contributed by atoms with Gasteiger partial charge < -0.3 is 9.15 Å². The Balaban J connectivity index is 1.65. The van der Waals surface area contributed by atoms with Gasteiger partial charge in [0.15, 0.2) is 5.75 Å². The first kappa shape index (κ1) is 19.4. The van der Waals surface area contributed by atoms with Crippen LogP contribution in [0.2, 0.25) is 5.02 Å². The summed E-state index contributed by atoms with van der Waals surface area (Å²) in [6.45, 7) is 2.49. The van der Waals surface area contributed by atoms with Gasteiger partial charge in [0.1, 0.15) is 23.8 Å². The quantitative estimate of drug-likeness (QED) is 0.238. The largest absolute Gasteiger partial charge is 0.479 e. The first-order valence-electron chi connectivity index (χ1n) is 8.37. The standard InChI is InChI=1S/C19H16ClN3O5/c1-2-22-16(9-10-21-22)18(24)7-6-14-4-5-15(28-14)12-27-19-8-3-13(20)11-17(19)23(25)26/h3-11H,2,12H2,1H3/b7-6+. The number of nitro groups is 1. The minimum Gasteiger partial charge on any atom is -0.479 e. The lowest BCUT2D eigenvalue weighted by molar-refractivity contribution is -0.385. The fourth-order valence-corrected chi connectivity index (χ4v) is 2.67. The molecule has 28 heavy (non-hydrogen) atoms. The molecule has 2 aromatic heterocycles. The number of furan rings is 1. The van der Waals surface area contributed by atoms with Crippen LogP contribution < -0.4 is 4.74 Å². The molecule has 8 nitrogen and oxygen atoms in total. The van der Waals surface area contributed by atoms with Crippen LogP contribution in [0.1, 0.15) is 28.9 Å². The van der Waals surface area contributed by atoms with E-state index in [1.165, 1.54) is 24.3 Å². The fraction of sp³-hybridized carbons (Fsp3) is 0.158. The number of hydrogen-bond donors (Lipinski definition) is 0. The lowest BCUT2D eigenvalue weighted by Crippen LogP contribution is -2.07. The van der Waals surface area contributed by atoms with Crippen LogP contribution >= 0.6 is 11.6 Å². The summed E-state index contributed by atoms with van der Waals surface area (Å²) in [5.74, 6) is 0.811. The van der Waals surface area contributed by atoms with E-state index in [0.29, 0.717) is 23.8 Å². The number of ether oxygens (including phenoxy) is 1. The Hall–Kier alpha value is -3.39. The zero-order valence-electron chi connectivity index (χ0n) is 14.9. The van der Waals surface area contributed by atoms with E-state index in [1.54, 1.807) is 35.2 Å². The van der Waals surface area contributed by atoms with Crippen molar-refractivity contribution in [2.75, 3.05) is 0 Å². The Morgan fingerprint density at radius 3 is 2.93 bits per heavy atom. The van der Waals surface area contributed by atoms with Crippen molar-refractivity contribution in [1.29, 1.82) is 0 Å². The second kappa shape index (κ2) is 8.53. The fourth-order valence-electron chi connectivity index (χ4n) is 2.50. The highest BCUT2D eigenvalue weighted by Gasteiger charge is 2.16. The highest BCUT2D eigenvalue weighted by Crippen LogP contribution is 2.30. The number of hydrogen-bond acceptors (Lipinski definition) is 6. The van der Waals surface area contributed by atoms with Crippen molar-refractivity contribution in [2.45, 2.75) is 20.1 Å². The zero-order valence-corrected chi connectivity index (χ0v) is 15.6. The monoisotopic (exact) mass is 401 g/mol. The van der Waals surface area contributed by atoms with Gasteiger partial charge in [-0.1, -0.05) is 11.6 Å².